The van der Waals surface area contributed by atoms with Crippen LogP contribution in [0.25, 0.3) is 22.4 Å². The molecule has 9 heteroatoms. The molecule has 0 aliphatic heterocycles. The molecule has 0 spiro atoms. The van der Waals surface area contributed by atoms with Gasteiger partial charge in [-0.2, -0.15) is 5.10 Å². The average Bonchev–Trinajstić information content (AvgIpc) is 3.12. The fourth-order valence-electron chi connectivity index (χ4n) is 2.74. The van der Waals surface area contributed by atoms with E-state index in [1.807, 2.05) is 17.6 Å². The van der Waals surface area contributed by atoms with Gasteiger partial charge in [0.25, 0.3) is 5.56 Å². The molecule has 1 N–H and O–H groups in total. The number of hydrogen-bond donors (Lipinski definition) is 1. The zero-order chi connectivity index (χ0) is 19.1. The van der Waals surface area contributed by atoms with Gasteiger partial charge in [0, 0.05) is 37.8 Å². The molecule has 7 nitrogen and oxygen atoms in total. The molecule has 26 heavy (non-hydrogen) atoms. The van der Waals surface area contributed by atoms with Gasteiger partial charge in [0.05, 0.1) is 5.69 Å². The van der Waals surface area contributed by atoms with Crippen LogP contribution in [-0.4, -0.2) is 39.0 Å². The van der Waals surface area contributed by atoms with Gasteiger partial charge < -0.3 is 13.9 Å². The van der Waals surface area contributed by atoms with Gasteiger partial charge in [-0.15, -0.1) is 0 Å². The van der Waals surface area contributed by atoms with Crippen LogP contribution < -0.4 is 5.56 Å². The van der Waals surface area contributed by atoms with Crippen molar-refractivity contribution in [3.63, 3.8) is 0 Å². The highest BCUT2D eigenvalue weighted by molar-refractivity contribution is 9.10. The van der Waals surface area contributed by atoms with Crippen molar-refractivity contribution >= 4 is 34.9 Å². The van der Waals surface area contributed by atoms with Gasteiger partial charge in [0.15, 0.2) is 5.82 Å². The largest absolute Gasteiger partial charge is 0.361 e. The van der Waals surface area contributed by atoms with Crippen LogP contribution >= 0.6 is 15.9 Å². The molecule has 140 valence electrons. The predicted molar refractivity (Wildman–Crippen MR) is 109 cm³/mol. The number of aromatic nitrogens is 5. The van der Waals surface area contributed by atoms with Gasteiger partial charge in [-0.1, -0.05) is 19.6 Å². The highest BCUT2D eigenvalue weighted by atomic mass is 79.9. The summed E-state index contributed by atoms with van der Waals surface area (Å²) in [5.74, 6) is 1.28. The van der Waals surface area contributed by atoms with Gasteiger partial charge in [-0.05, 0) is 35.0 Å². The Kier molecular flexibility index (Phi) is 5.22. The minimum Gasteiger partial charge on any atom is -0.361 e. The second-order valence-electron chi connectivity index (χ2n) is 7.71. The van der Waals surface area contributed by atoms with Crippen LogP contribution in [0.15, 0.2) is 21.5 Å². The third-order valence-electron chi connectivity index (χ3n) is 4.23. The molecule has 0 amide bonds. The van der Waals surface area contributed by atoms with E-state index in [0.717, 1.165) is 27.4 Å². The monoisotopic (exact) mass is 437 g/mol. The summed E-state index contributed by atoms with van der Waals surface area (Å²) in [5.41, 5.74) is 1.28. The Morgan fingerprint density at radius 3 is 2.69 bits per heavy atom. The number of aryl methyl sites for hydroxylation is 2. The molecule has 0 saturated heterocycles. The lowest BCUT2D eigenvalue weighted by Gasteiger charge is -2.16. The summed E-state index contributed by atoms with van der Waals surface area (Å²) in [6, 6.07) is 3.01. The van der Waals surface area contributed by atoms with Gasteiger partial charge in [0.2, 0.25) is 0 Å². The number of pyridine rings is 1. The molecule has 0 saturated carbocycles. The molecule has 3 aromatic rings. The zero-order valence-corrected chi connectivity index (χ0v) is 18.3. The molecular formula is C17H24BrN5O2Si. The second kappa shape index (κ2) is 7.13. The Hall–Kier alpha value is -1.71. The van der Waals surface area contributed by atoms with Crippen LogP contribution in [0.1, 0.15) is 5.82 Å². The Morgan fingerprint density at radius 2 is 2.08 bits per heavy atom. The van der Waals surface area contributed by atoms with Gasteiger partial charge >= 0.3 is 0 Å². The Labute approximate surface area is 161 Å². The van der Waals surface area contributed by atoms with Crippen molar-refractivity contribution in [3.05, 3.63) is 32.9 Å². The molecule has 0 atom stereocenters. The van der Waals surface area contributed by atoms with E-state index in [1.165, 1.54) is 0 Å². The summed E-state index contributed by atoms with van der Waals surface area (Å²) in [6.45, 7) is 9.77. The number of aromatic amines is 1. The number of nitrogens with zero attached hydrogens (tertiary/aromatic N) is 4. The molecule has 3 heterocycles. The number of rotatable bonds is 6. The smallest absolute Gasteiger partial charge is 0.274 e. The molecule has 0 bridgehead atoms. The maximum absolute atomic E-state index is 12.8. The second-order valence-corrected chi connectivity index (χ2v) is 14.2. The van der Waals surface area contributed by atoms with E-state index in [4.69, 9.17) is 4.74 Å². The van der Waals surface area contributed by atoms with E-state index in [9.17, 15) is 4.79 Å². The van der Waals surface area contributed by atoms with Crippen LogP contribution in [0.3, 0.4) is 0 Å². The fourth-order valence-corrected chi connectivity index (χ4v) is 4.10. The molecule has 3 rings (SSSR count). The lowest BCUT2D eigenvalue weighted by molar-refractivity contribution is 0.0910. The lowest BCUT2D eigenvalue weighted by Crippen LogP contribution is -2.23. The molecule has 0 aliphatic rings. The number of nitrogens with one attached hydrogen (secondary N) is 1. The molecule has 0 unspecified atom stereocenters. The van der Waals surface area contributed by atoms with Crippen LogP contribution in [0.4, 0.5) is 0 Å². The van der Waals surface area contributed by atoms with Crippen LogP contribution in [0, 0.1) is 6.92 Å². The highest BCUT2D eigenvalue weighted by Gasteiger charge is 2.20. The van der Waals surface area contributed by atoms with Crippen molar-refractivity contribution in [2.24, 2.45) is 7.05 Å². The third kappa shape index (κ3) is 3.84. The molecule has 0 radical (unpaired) electrons. The maximum atomic E-state index is 12.8. The van der Waals surface area contributed by atoms with Crippen LogP contribution in [0.5, 0.6) is 0 Å². The van der Waals surface area contributed by atoms with E-state index < -0.39 is 8.07 Å². The minimum atomic E-state index is -1.17. The quantitative estimate of drug-likeness (QED) is 0.472. The molecule has 0 aliphatic carbocycles. The van der Waals surface area contributed by atoms with Crippen molar-refractivity contribution in [2.75, 3.05) is 6.61 Å². The van der Waals surface area contributed by atoms with Crippen molar-refractivity contribution < 1.29 is 4.74 Å². The summed E-state index contributed by atoms with van der Waals surface area (Å²) in [7, 11) is 0.569. The van der Waals surface area contributed by atoms with Gasteiger partial charge in [-0.25, -0.2) is 4.98 Å². The normalized spacial score (nSPS) is 12.2. The lowest BCUT2D eigenvalue weighted by atomic mass is 10.3. The van der Waals surface area contributed by atoms with Crippen molar-refractivity contribution in [1.82, 2.24) is 24.3 Å². The van der Waals surface area contributed by atoms with E-state index in [2.05, 4.69) is 50.8 Å². The summed E-state index contributed by atoms with van der Waals surface area (Å²) >= 11 is 3.56. The highest BCUT2D eigenvalue weighted by Crippen LogP contribution is 2.29. The number of ether oxygens (including phenoxy) is 1. The summed E-state index contributed by atoms with van der Waals surface area (Å²) in [4.78, 5) is 17.2. The summed E-state index contributed by atoms with van der Waals surface area (Å²) < 4.78 is 10.2. The SMILES string of the molecule is Cc1nc(-c2cc3c(Br)cn(C)c(=O)c3n2COCC[Si](C)(C)C)n[nH]1. The molecule has 0 fully saturated rings. The fraction of sp³-hybridized carbons (Fsp3) is 0.471. The van der Waals surface area contributed by atoms with Crippen molar-refractivity contribution in [2.45, 2.75) is 39.3 Å². The van der Waals surface area contributed by atoms with Crippen LogP contribution in [-0.2, 0) is 18.5 Å². The summed E-state index contributed by atoms with van der Waals surface area (Å²) in [5, 5.41) is 7.96. The first kappa shape index (κ1) is 19.1. The van der Waals surface area contributed by atoms with Crippen molar-refractivity contribution in [1.29, 1.82) is 0 Å². The van der Waals surface area contributed by atoms with E-state index in [0.29, 0.717) is 24.7 Å². The summed E-state index contributed by atoms with van der Waals surface area (Å²) in [6.07, 6.45) is 1.77. The number of fused-ring (bicyclic) bond motifs is 1. The Morgan fingerprint density at radius 1 is 1.35 bits per heavy atom. The van der Waals surface area contributed by atoms with Crippen molar-refractivity contribution in [3.8, 4) is 11.5 Å². The zero-order valence-electron chi connectivity index (χ0n) is 15.8. The molecule has 0 aromatic carbocycles. The Bertz CT molecular complexity index is 999. The predicted octanol–water partition coefficient (Wildman–Crippen LogP) is 3.51. The Balaban J connectivity index is 2.06. The minimum absolute atomic E-state index is 0.0736. The standard InChI is InChI=1S/C17H24BrN5O2Si/c1-11-19-16(21-20-11)14-8-12-13(18)9-22(2)17(24)15(12)23(14)10-25-6-7-26(3,4)5/h8-9H,6-7,10H2,1-5H3,(H,19,20,21). The maximum Gasteiger partial charge on any atom is 0.274 e. The first-order chi connectivity index (χ1) is 12.2. The van der Waals surface area contributed by atoms with Crippen LogP contribution in [0.2, 0.25) is 25.7 Å². The number of hydrogen-bond acceptors (Lipinski definition) is 4. The topological polar surface area (TPSA) is 77.7 Å². The van der Waals surface area contributed by atoms with E-state index in [-0.39, 0.29) is 5.56 Å². The van der Waals surface area contributed by atoms with Gasteiger partial charge in [0.1, 0.15) is 18.1 Å². The first-order valence-corrected chi connectivity index (χ1v) is 13.0. The number of H-pyrrole nitrogens is 1. The van der Waals surface area contributed by atoms with Gasteiger partial charge in [-0.3, -0.25) is 9.89 Å². The average molecular weight is 438 g/mol. The van der Waals surface area contributed by atoms with E-state index in [1.54, 1.807) is 17.8 Å². The number of halogens is 1. The molecular weight excluding hydrogens is 414 g/mol. The first-order valence-electron chi connectivity index (χ1n) is 8.53. The third-order valence-corrected chi connectivity index (χ3v) is 6.56. The molecule has 3 aromatic heterocycles. The van der Waals surface area contributed by atoms with E-state index >= 15 is 0 Å².